The van der Waals surface area contributed by atoms with Crippen LogP contribution in [0.2, 0.25) is 0 Å². The average molecular weight is 156 g/mol. The molecule has 12 heavy (non-hydrogen) atoms. The van der Waals surface area contributed by atoms with E-state index in [2.05, 4.69) is 13.8 Å². The Hall–Kier alpha value is -0.383. The van der Waals surface area contributed by atoms with Crippen molar-refractivity contribution in [2.24, 2.45) is 0 Å². The molecule has 1 nitrogen and oxygen atoms in total. The van der Waals surface area contributed by atoms with Crippen molar-refractivity contribution in [1.82, 2.24) is 0 Å². The summed E-state index contributed by atoms with van der Waals surface area (Å²) in [4.78, 5) is 0. The molecule has 0 spiro atoms. The van der Waals surface area contributed by atoms with Crippen LogP contribution < -0.4 is 24.0 Å². The molecule has 2 heteroatoms. The molecule has 60 valence electrons. The molecule has 0 saturated heterocycles. The summed E-state index contributed by atoms with van der Waals surface area (Å²) in [5.74, 6) is 0.660. The SMILES string of the molecule is CCC(C)c1ccc([O-])cc1.[Li+]. The van der Waals surface area contributed by atoms with Gasteiger partial charge in [-0.1, -0.05) is 38.1 Å². The zero-order valence-electron chi connectivity index (χ0n) is 8.00. The van der Waals surface area contributed by atoms with Gasteiger partial charge in [-0.2, -0.15) is 0 Å². The van der Waals surface area contributed by atoms with Gasteiger partial charge in [0.1, 0.15) is 0 Å². The van der Waals surface area contributed by atoms with E-state index >= 15 is 0 Å². The summed E-state index contributed by atoms with van der Waals surface area (Å²) in [6.07, 6.45) is 1.12. The molecule has 1 rings (SSSR count). The Kier molecular flexibility index (Phi) is 5.13. The van der Waals surface area contributed by atoms with Gasteiger partial charge in [-0.3, -0.25) is 0 Å². The van der Waals surface area contributed by atoms with Gasteiger partial charge in [-0.15, -0.1) is 5.75 Å². The van der Waals surface area contributed by atoms with Crippen molar-refractivity contribution in [3.63, 3.8) is 0 Å². The van der Waals surface area contributed by atoms with Crippen molar-refractivity contribution >= 4 is 0 Å². The van der Waals surface area contributed by atoms with E-state index in [-0.39, 0.29) is 24.6 Å². The van der Waals surface area contributed by atoms with Gasteiger partial charge in [0, 0.05) is 0 Å². The second-order valence-corrected chi connectivity index (χ2v) is 2.88. The van der Waals surface area contributed by atoms with Crippen LogP contribution in [0, 0.1) is 0 Å². The fourth-order valence-corrected chi connectivity index (χ4v) is 1.03. The predicted molar refractivity (Wildman–Crippen MR) is 44.6 cm³/mol. The number of hydrogen-bond donors (Lipinski definition) is 0. The van der Waals surface area contributed by atoms with Crippen LogP contribution in [0.5, 0.6) is 5.75 Å². The monoisotopic (exact) mass is 156 g/mol. The molecular weight excluding hydrogens is 143 g/mol. The standard InChI is InChI=1S/C10H14O.Li/c1-3-8(2)9-4-6-10(11)7-5-9;/h4-8,11H,3H2,1-2H3;/q;+1/p-1. The molecule has 0 aliphatic rings. The normalized spacial score (nSPS) is 11.8. The minimum atomic E-state index is 0. The van der Waals surface area contributed by atoms with Crippen molar-refractivity contribution in [2.45, 2.75) is 26.2 Å². The number of rotatable bonds is 2. The molecule has 0 fully saturated rings. The Morgan fingerprint density at radius 3 is 2.17 bits per heavy atom. The zero-order chi connectivity index (χ0) is 8.27. The van der Waals surface area contributed by atoms with E-state index in [4.69, 9.17) is 0 Å². The first-order valence-corrected chi connectivity index (χ1v) is 4.01. The van der Waals surface area contributed by atoms with Crippen LogP contribution in [0.4, 0.5) is 0 Å². The van der Waals surface area contributed by atoms with E-state index in [0.29, 0.717) is 5.92 Å². The van der Waals surface area contributed by atoms with Gasteiger partial charge < -0.3 is 5.11 Å². The molecule has 1 aromatic carbocycles. The second kappa shape index (κ2) is 5.30. The minimum absolute atomic E-state index is 0. The fraction of sp³-hybridized carbons (Fsp3) is 0.400. The molecule has 1 atom stereocenters. The first-order chi connectivity index (χ1) is 5.24. The van der Waals surface area contributed by atoms with Gasteiger partial charge in [-0.05, 0) is 17.9 Å². The van der Waals surface area contributed by atoms with Crippen molar-refractivity contribution in [1.29, 1.82) is 0 Å². The van der Waals surface area contributed by atoms with Gasteiger partial charge in [0.05, 0.1) is 0 Å². The quantitative estimate of drug-likeness (QED) is 0.518. The van der Waals surface area contributed by atoms with Gasteiger partial charge >= 0.3 is 18.9 Å². The molecule has 0 aromatic heterocycles. The van der Waals surface area contributed by atoms with E-state index in [1.165, 1.54) is 5.56 Å². The fourth-order valence-electron chi connectivity index (χ4n) is 1.03. The van der Waals surface area contributed by atoms with E-state index in [0.717, 1.165) is 6.42 Å². The van der Waals surface area contributed by atoms with Crippen LogP contribution in [0.1, 0.15) is 31.7 Å². The Morgan fingerprint density at radius 1 is 1.25 bits per heavy atom. The van der Waals surface area contributed by atoms with Crippen LogP contribution in [0.25, 0.3) is 0 Å². The molecule has 0 amide bonds. The topological polar surface area (TPSA) is 23.1 Å². The molecule has 1 aromatic rings. The maximum atomic E-state index is 10.7. The average Bonchev–Trinajstić information content (AvgIpc) is 2.05. The van der Waals surface area contributed by atoms with Crippen LogP contribution in [-0.4, -0.2) is 0 Å². The summed E-state index contributed by atoms with van der Waals surface area (Å²) in [6.45, 7) is 4.32. The summed E-state index contributed by atoms with van der Waals surface area (Å²) < 4.78 is 0. The first kappa shape index (κ1) is 11.6. The number of benzene rings is 1. The van der Waals surface area contributed by atoms with Crippen molar-refractivity contribution < 1.29 is 24.0 Å². The van der Waals surface area contributed by atoms with Gasteiger partial charge in [-0.25, -0.2) is 0 Å². The zero-order valence-corrected chi connectivity index (χ0v) is 8.00. The molecule has 0 N–H and O–H groups in total. The van der Waals surface area contributed by atoms with Crippen molar-refractivity contribution in [2.75, 3.05) is 0 Å². The van der Waals surface area contributed by atoms with Gasteiger partial charge in [0.2, 0.25) is 0 Å². The van der Waals surface area contributed by atoms with Crippen molar-refractivity contribution in [3.05, 3.63) is 29.8 Å². The molecule has 1 unspecified atom stereocenters. The van der Waals surface area contributed by atoms with E-state index in [1.807, 2.05) is 12.1 Å². The maximum Gasteiger partial charge on any atom is 1.00 e. The second-order valence-electron chi connectivity index (χ2n) is 2.88. The van der Waals surface area contributed by atoms with E-state index in [9.17, 15) is 5.11 Å². The predicted octanol–water partition coefficient (Wildman–Crippen LogP) is -0.722. The third-order valence-electron chi connectivity index (χ3n) is 2.06. The van der Waals surface area contributed by atoms with Gasteiger partial charge in [0.15, 0.2) is 0 Å². The third-order valence-corrected chi connectivity index (χ3v) is 2.06. The largest absolute Gasteiger partial charge is 1.00 e. The van der Waals surface area contributed by atoms with Gasteiger partial charge in [0.25, 0.3) is 0 Å². The van der Waals surface area contributed by atoms with Crippen LogP contribution in [-0.2, 0) is 0 Å². The Balaban J connectivity index is 0.00000121. The Morgan fingerprint density at radius 2 is 1.75 bits per heavy atom. The molecule has 0 saturated carbocycles. The Labute approximate surface area is 86.0 Å². The van der Waals surface area contributed by atoms with E-state index in [1.54, 1.807) is 12.1 Å². The van der Waals surface area contributed by atoms with Crippen LogP contribution in [0.3, 0.4) is 0 Å². The number of hydrogen-bond acceptors (Lipinski definition) is 1. The third kappa shape index (κ3) is 2.93. The van der Waals surface area contributed by atoms with E-state index < -0.39 is 0 Å². The molecule has 0 aliphatic heterocycles. The summed E-state index contributed by atoms with van der Waals surface area (Å²) in [7, 11) is 0. The van der Waals surface area contributed by atoms with Crippen molar-refractivity contribution in [3.8, 4) is 5.75 Å². The summed E-state index contributed by atoms with van der Waals surface area (Å²) in [5, 5.41) is 10.7. The molecular formula is C10H13LiO. The minimum Gasteiger partial charge on any atom is -0.872 e. The maximum absolute atomic E-state index is 10.7. The molecule has 0 bridgehead atoms. The summed E-state index contributed by atoms with van der Waals surface area (Å²) in [6, 6.07) is 7.08. The molecule has 0 aliphatic carbocycles. The molecule has 0 heterocycles. The summed E-state index contributed by atoms with van der Waals surface area (Å²) >= 11 is 0. The molecule has 0 radical (unpaired) electrons. The first-order valence-electron chi connectivity index (χ1n) is 4.01. The van der Waals surface area contributed by atoms with Crippen LogP contribution >= 0.6 is 0 Å². The Bertz CT molecular complexity index is 218. The summed E-state index contributed by atoms with van der Waals surface area (Å²) in [5.41, 5.74) is 1.26. The van der Waals surface area contributed by atoms with Crippen LogP contribution in [0.15, 0.2) is 24.3 Å². The smallest absolute Gasteiger partial charge is 0.872 e.